The summed E-state index contributed by atoms with van der Waals surface area (Å²) in [7, 11) is 1.07. The van der Waals surface area contributed by atoms with E-state index in [9.17, 15) is 0 Å². The van der Waals surface area contributed by atoms with Crippen LogP contribution in [0.3, 0.4) is 0 Å². The average Bonchev–Trinajstić information content (AvgIpc) is 2.32. The van der Waals surface area contributed by atoms with Crippen molar-refractivity contribution < 1.29 is 0 Å². The zero-order chi connectivity index (χ0) is 12.1. The van der Waals surface area contributed by atoms with E-state index in [0.717, 1.165) is 8.73 Å². The maximum atomic E-state index is 2.56. The topological polar surface area (TPSA) is 3.24 Å². The van der Waals surface area contributed by atoms with Crippen molar-refractivity contribution in [1.82, 2.24) is 4.67 Å². The van der Waals surface area contributed by atoms with Crippen LogP contribution in [0.5, 0.6) is 0 Å². The van der Waals surface area contributed by atoms with Gasteiger partial charge in [0, 0.05) is 0 Å². The number of nitrogens with zero attached hydrogens (tertiary/aromatic N) is 1. The first kappa shape index (κ1) is 16.4. The second-order valence-electron chi connectivity index (χ2n) is 4.56. The summed E-state index contributed by atoms with van der Waals surface area (Å²) in [4.78, 5) is 0. The first-order valence-electron chi connectivity index (χ1n) is 7.33. The molecule has 0 aromatic rings. The Morgan fingerprint density at radius 2 is 1.19 bits per heavy atom. The van der Waals surface area contributed by atoms with Crippen molar-refractivity contribution >= 4 is 8.73 Å². The first-order chi connectivity index (χ1) is 7.85. The van der Waals surface area contributed by atoms with Crippen LogP contribution in [0.15, 0.2) is 0 Å². The van der Waals surface area contributed by atoms with Gasteiger partial charge in [0.25, 0.3) is 0 Å². The van der Waals surface area contributed by atoms with Gasteiger partial charge >= 0.3 is 0 Å². The highest BCUT2D eigenvalue weighted by atomic mass is 31.1. The van der Waals surface area contributed by atoms with Crippen molar-refractivity contribution in [1.29, 1.82) is 0 Å². The molecule has 0 fully saturated rings. The molecule has 2 heteroatoms. The van der Waals surface area contributed by atoms with Crippen LogP contribution in [-0.4, -0.2) is 23.9 Å². The van der Waals surface area contributed by atoms with Gasteiger partial charge in [-0.15, -0.1) is 0 Å². The van der Waals surface area contributed by atoms with Gasteiger partial charge in [-0.05, 0) is 25.7 Å². The van der Waals surface area contributed by atoms with Gasteiger partial charge < -0.3 is 0 Å². The molecule has 0 N–H and O–H groups in total. The summed E-state index contributed by atoms with van der Waals surface area (Å²) in [6, 6.07) is 0. The zero-order valence-electron chi connectivity index (χ0n) is 11.7. The van der Waals surface area contributed by atoms with Gasteiger partial charge in [0.1, 0.15) is 0 Å². The highest BCUT2D eigenvalue weighted by molar-refractivity contribution is 7.35. The molecule has 0 aromatic heterocycles. The van der Waals surface area contributed by atoms with Gasteiger partial charge in [0.2, 0.25) is 0 Å². The van der Waals surface area contributed by atoms with E-state index < -0.39 is 0 Å². The Morgan fingerprint density at radius 1 is 0.688 bits per heavy atom. The van der Waals surface area contributed by atoms with Crippen molar-refractivity contribution in [3.05, 3.63) is 0 Å². The minimum absolute atomic E-state index is 1.07. The second kappa shape index (κ2) is 13.5. The van der Waals surface area contributed by atoms with Crippen LogP contribution < -0.4 is 0 Å². The summed E-state index contributed by atoms with van der Waals surface area (Å²) in [6.07, 6.45) is 13.0. The van der Waals surface area contributed by atoms with E-state index in [0.29, 0.717) is 0 Å². The van der Waals surface area contributed by atoms with Crippen molar-refractivity contribution in [2.24, 2.45) is 0 Å². The van der Waals surface area contributed by atoms with Crippen LogP contribution in [0.1, 0.15) is 72.1 Å². The molecule has 0 rings (SSSR count). The lowest BCUT2D eigenvalue weighted by Gasteiger charge is -2.17. The molecule has 0 saturated heterocycles. The maximum absolute atomic E-state index is 2.56. The van der Waals surface area contributed by atoms with E-state index in [1.807, 2.05) is 0 Å². The van der Waals surface area contributed by atoms with Crippen LogP contribution in [0.4, 0.5) is 0 Å². The van der Waals surface area contributed by atoms with E-state index in [4.69, 9.17) is 0 Å². The molecule has 0 radical (unpaired) electrons. The molecular weight excluding hydrogens is 213 g/mol. The molecule has 0 aromatic carbocycles. The second-order valence-corrected chi connectivity index (χ2v) is 6.00. The predicted octanol–water partition coefficient (Wildman–Crippen LogP) is 5.06. The van der Waals surface area contributed by atoms with Gasteiger partial charge in [-0.1, -0.05) is 74.4 Å². The molecule has 0 heterocycles. The summed E-state index contributed by atoms with van der Waals surface area (Å²) in [6.45, 7) is 9.28. The standard InChI is InChI=1S/C14H32NP/c1-4-7-8-9-10-11-12-13-14-16-15(5-2)6-3/h16H,4-14H2,1-3H3. The highest BCUT2D eigenvalue weighted by Gasteiger charge is 1.97. The Kier molecular flexibility index (Phi) is 13.8. The third-order valence-corrected chi connectivity index (χ3v) is 4.79. The molecule has 0 spiro atoms. The lowest BCUT2D eigenvalue weighted by atomic mass is 10.1. The Hall–Kier alpha value is 0.390. The number of unbranched alkanes of at least 4 members (excludes halogenated alkanes) is 7. The molecule has 1 nitrogen and oxygen atoms in total. The molecule has 0 aliphatic heterocycles. The molecular formula is C14H32NP. The Bertz CT molecular complexity index is 124. The minimum atomic E-state index is 1.07. The van der Waals surface area contributed by atoms with Crippen molar-refractivity contribution in [3.8, 4) is 0 Å². The molecule has 1 atom stereocenters. The number of hydrogen-bond acceptors (Lipinski definition) is 1. The minimum Gasteiger partial charge on any atom is -0.285 e. The normalized spacial score (nSPS) is 12.0. The van der Waals surface area contributed by atoms with E-state index in [-0.39, 0.29) is 0 Å². The molecule has 98 valence electrons. The fourth-order valence-electron chi connectivity index (χ4n) is 1.94. The van der Waals surface area contributed by atoms with Crippen LogP contribution in [0.2, 0.25) is 0 Å². The van der Waals surface area contributed by atoms with Gasteiger partial charge in [-0.3, -0.25) is 4.67 Å². The molecule has 0 bridgehead atoms. The molecule has 0 aliphatic carbocycles. The summed E-state index contributed by atoms with van der Waals surface area (Å²) >= 11 is 0. The van der Waals surface area contributed by atoms with E-state index in [1.165, 1.54) is 70.6 Å². The van der Waals surface area contributed by atoms with Crippen LogP contribution >= 0.6 is 8.73 Å². The smallest absolute Gasteiger partial charge is 0.000998 e. The third kappa shape index (κ3) is 10.9. The lowest BCUT2D eigenvalue weighted by molar-refractivity contribution is 0.513. The molecule has 0 saturated carbocycles. The fourth-order valence-corrected chi connectivity index (χ4v) is 3.11. The summed E-state index contributed by atoms with van der Waals surface area (Å²) in [5, 5.41) is 0. The Balaban J connectivity index is 3.03. The van der Waals surface area contributed by atoms with Gasteiger partial charge in [-0.25, -0.2) is 0 Å². The quantitative estimate of drug-likeness (QED) is 0.343. The predicted molar refractivity (Wildman–Crippen MR) is 78.7 cm³/mol. The largest absolute Gasteiger partial charge is 0.285 e. The summed E-state index contributed by atoms with van der Waals surface area (Å²) in [5.74, 6) is 0. The van der Waals surface area contributed by atoms with Crippen molar-refractivity contribution in [2.75, 3.05) is 19.3 Å². The van der Waals surface area contributed by atoms with Crippen molar-refractivity contribution in [2.45, 2.75) is 72.1 Å². The van der Waals surface area contributed by atoms with E-state index >= 15 is 0 Å². The highest BCUT2D eigenvalue weighted by Crippen LogP contribution is 2.19. The summed E-state index contributed by atoms with van der Waals surface area (Å²) in [5.41, 5.74) is 0. The number of rotatable bonds is 12. The van der Waals surface area contributed by atoms with Gasteiger partial charge in [-0.2, -0.15) is 0 Å². The van der Waals surface area contributed by atoms with Crippen LogP contribution in [0.25, 0.3) is 0 Å². The molecule has 16 heavy (non-hydrogen) atoms. The number of hydrogen-bond donors (Lipinski definition) is 0. The monoisotopic (exact) mass is 245 g/mol. The maximum Gasteiger partial charge on any atom is -0.000998 e. The van der Waals surface area contributed by atoms with Crippen LogP contribution in [-0.2, 0) is 0 Å². The Morgan fingerprint density at radius 3 is 1.69 bits per heavy atom. The summed E-state index contributed by atoms with van der Waals surface area (Å²) < 4.78 is 2.56. The lowest BCUT2D eigenvalue weighted by Crippen LogP contribution is -2.12. The average molecular weight is 245 g/mol. The Labute approximate surface area is 105 Å². The molecule has 1 unspecified atom stereocenters. The fraction of sp³-hybridized carbons (Fsp3) is 1.00. The molecule has 0 aliphatic rings. The third-order valence-electron chi connectivity index (χ3n) is 3.13. The van der Waals surface area contributed by atoms with E-state index in [1.54, 1.807) is 0 Å². The SMILES string of the molecule is CCCCCCCCCCPN(CC)CC. The molecule has 0 amide bonds. The first-order valence-corrected chi connectivity index (χ1v) is 8.49. The zero-order valence-corrected chi connectivity index (χ0v) is 12.7. The van der Waals surface area contributed by atoms with Gasteiger partial charge in [0.05, 0.1) is 0 Å². The van der Waals surface area contributed by atoms with E-state index in [2.05, 4.69) is 25.4 Å². The van der Waals surface area contributed by atoms with Crippen molar-refractivity contribution in [3.63, 3.8) is 0 Å². The van der Waals surface area contributed by atoms with Gasteiger partial charge in [0.15, 0.2) is 0 Å². The van der Waals surface area contributed by atoms with Crippen LogP contribution in [0, 0.1) is 0 Å².